The van der Waals surface area contributed by atoms with Crippen LogP contribution in [0.1, 0.15) is 24.8 Å². The molecule has 1 aromatic heterocycles. The molecule has 2 aromatic rings. The average Bonchev–Trinajstić information content (AvgIpc) is 3.24. The van der Waals surface area contributed by atoms with Gasteiger partial charge in [0, 0.05) is 26.2 Å². The minimum Gasteiger partial charge on any atom is -0.508 e. The number of carbonyl (C=O) groups excluding carboxylic acids is 1. The van der Waals surface area contributed by atoms with E-state index < -0.39 is 0 Å². The van der Waals surface area contributed by atoms with E-state index in [4.69, 9.17) is 0 Å². The molecule has 27 heavy (non-hydrogen) atoms. The Balaban J connectivity index is 1.34. The number of anilines is 2. The molecule has 0 saturated carbocycles. The predicted molar refractivity (Wildman–Crippen MR) is 107 cm³/mol. The van der Waals surface area contributed by atoms with Crippen molar-refractivity contribution in [3.8, 4) is 5.75 Å². The zero-order chi connectivity index (χ0) is 18.6. The second kappa shape index (κ2) is 7.70. The molecule has 3 heterocycles. The van der Waals surface area contributed by atoms with E-state index in [1.54, 1.807) is 23.2 Å². The van der Waals surface area contributed by atoms with Crippen molar-refractivity contribution in [3.63, 3.8) is 0 Å². The van der Waals surface area contributed by atoms with Gasteiger partial charge in [0.2, 0.25) is 0 Å². The number of urea groups is 1. The van der Waals surface area contributed by atoms with Crippen LogP contribution in [0.15, 0.2) is 48.7 Å². The number of amides is 2. The van der Waals surface area contributed by atoms with Crippen LogP contribution < -0.4 is 10.2 Å². The van der Waals surface area contributed by atoms with Crippen LogP contribution in [0, 0.1) is 0 Å². The minimum atomic E-state index is -0.105. The third-order valence-corrected chi connectivity index (χ3v) is 5.16. The van der Waals surface area contributed by atoms with Gasteiger partial charge >= 0.3 is 6.03 Å². The summed E-state index contributed by atoms with van der Waals surface area (Å²) < 4.78 is 0. The summed E-state index contributed by atoms with van der Waals surface area (Å²) >= 11 is 0. The van der Waals surface area contributed by atoms with Gasteiger partial charge in [-0.25, -0.2) is 9.78 Å². The Labute approximate surface area is 159 Å². The number of phenols is 1. The molecule has 1 aromatic carbocycles. The number of phenolic OH excluding ortho intramolecular Hbond substituents is 1. The van der Waals surface area contributed by atoms with Crippen molar-refractivity contribution < 1.29 is 9.90 Å². The van der Waals surface area contributed by atoms with Crippen LogP contribution in [0.4, 0.5) is 16.3 Å². The zero-order valence-electron chi connectivity index (χ0n) is 15.3. The number of rotatable bonds is 3. The van der Waals surface area contributed by atoms with Crippen molar-refractivity contribution in [2.45, 2.75) is 19.3 Å². The van der Waals surface area contributed by atoms with E-state index in [1.807, 2.05) is 24.3 Å². The lowest BCUT2D eigenvalue weighted by molar-refractivity contribution is 0.217. The lowest BCUT2D eigenvalue weighted by Crippen LogP contribution is -2.37. The van der Waals surface area contributed by atoms with E-state index in [2.05, 4.69) is 21.3 Å². The summed E-state index contributed by atoms with van der Waals surface area (Å²) in [6, 6.07) is 11.0. The average molecular weight is 364 g/mol. The maximum atomic E-state index is 12.5. The largest absolute Gasteiger partial charge is 0.508 e. The molecular weight excluding hydrogens is 340 g/mol. The van der Waals surface area contributed by atoms with Crippen molar-refractivity contribution in [3.05, 3.63) is 54.2 Å². The summed E-state index contributed by atoms with van der Waals surface area (Å²) in [6.07, 6.45) is 7.03. The maximum Gasteiger partial charge on any atom is 0.322 e. The number of pyridine rings is 1. The molecule has 1 fully saturated rings. The summed E-state index contributed by atoms with van der Waals surface area (Å²) in [5.74, 6) is 1.24. The van der Waals surface area contributed by atoms with Gasteiger partial charge in [0.1, 0.15) is 11.6 Å². The Morgan fingerprint density at radius 3 is 2.44 bits per heavy atom. The van der Waals surface area contributed by atoms with Crippen LogP contribution >= 0.6 is 0 Å². The van der Waals surface area contributed by atoms with Gasteiger partial charge in [-0.15, -0.1) is 0 Å². The fourth-order valence-electron chi connectivity index (χ4n) is 3.59. The first-order valence-corrected chi connectivity index (χ1v) is 9.44. The molecule has 2 aliphatic rings. The number of nitrogens with zero attached hydrogens (tertiary/aromatic N) is 3. The van der Waals surface area contributed by atoms with Gasteiger partial charge in [-0.1, -0.05) is 18.2 Å². The summed E-state index contributed by atoms with van der Waals surface area (Å²) in [4.78, 5) is 21.0. The Hall–Kier alpha value is -3.02. The van der Waals surface area contributed by atoms with Crippen LogP contribution in [0.5, 0.6) is 5.75 Å². The number of carbonyl (C=O) groups is 1. The van der Waals surface area contributed by atoms with Crippen LogP contribution in [0.3, 0.4) is 0 Å². The number of aromatic nitrogens is 1. The number of hydrogen-bond donors (Lipinski definition) is 2. The normalized spacial score (nSPS) is 17.0. The third kappa shape index (κ3) is 4.05. The molecule has 0 aliphatic carbocycles. The molecule has 0 spiro atoms. The minimum absolute atomic E-state index is 0.105. The molecule has 0 bridgehead atoms. The van der Waals surface area contributed by atoms with E-state index in [0.29, 0.717) is 13.1 Å². The Bertz CT molecular complexity index is 824. The van der Waals surface area contributed by atoms with Gasteiger partial charge < -0.3 is 20.2 Å². The Morgan fingerprint density at radius 2 is 1.81 bits per heavy atom. The summed E-state index contributed by atoms with van der Waals surface area (Å²) in [6.45, 7) is 3.35. The number of benzene rings is 1. The van der Waals surface area contributed by atoms with Crippen molar-refractivity contribution in [2.24, 2.45) is 0 Å². The summed E-state index contributed by atoms with van der Waals surface area (Å²) in [5.41, 5.74) is 3.02. The topological polar surface area (TPSA) is 68.7 Å². The lowest BCUT2D eigenvalue weighted by Gasteiger charge is -2.27. The molecule has 140 valence electrons. The van der Waals surface area contributed by atoms with Crippen LogP contribution in [0.2, 0.25) is 0 Å². The highest BCUT2D eigenvalue weighted by atomic mass is 16.3. The number of aromatic hydroxyl groups is 1. The van der Waals surface area contributed by atoms with Crippen molar-refractivity contribution >= 4 is 23.1 Å². The fourth-order valence-corrected chi connectivity index (χ4v) is 3.59. The molecule has 2 amide bonds. The molecule has 0 radical (unpaired) electrons. The highest BCUT2D eigenvalue weighted by Gasteiger charge is 2.18. The molecule has 6 nitrogen and oxygen atoms in total. The second-order valence-electron chi connectivity index (χ2n) is 7.00. The zero-order valence-corrected chi connectivity index (χ0v) is 15.3. The first-order chi connectivity index (χ1) is 13.2. The standard InChI is InChI=1S/C21H24N4O2/c26-19-6-3-16(4-7-19)17-9-13-25(14-10-17)21(27)23-18-5-8-20(22-15-18)24-11-1-2-12-24/h3-9,15,26H,1-2,10-14H2,(H,23,27). The van der Waals surface area contributed by atoms with E-state index in [9.17, 15) is 9.90 Å². The molecular formula is C21H24N4O2. The summed E-state index contributed by atoms with van der Waals surface area (Å²) in [7, 11) is 0. The quantitative estimate of drug-likeness (QED) is 0.871. The molecule has 0 atom stereocenters. The Morgan fingerprint density at radius 1 is 1.04 bits per heavy atom. The maximum absolute atomic E-state index is 12.5. The lowest BCUT2D eigenvalue weighted by atomic mass is 9.99. The van der Waals surface area contributed by atoms with Gasteiger partial charge in [0.15, 0.2) is 0 Å². The SMILES string of the molecule is O=C(Nc1ccc(N2CCCC2)nc1)N1CC=C(c2ccc(O)cc2)CC1. The molecule has 4 rings (SSSR count). The van der Waals surface area contributed by atoms with Gasteiger partial charge in [-0.2, -0.15) is 0 Å². The van der Waals surface area contributed by atoms with E-state index in [-0.39, 0.29) is 11.8 Å². The van der Waals surface area contributed by atoms with Gasteiger partial charge in [0.25, 0.3) is 0 Å². The van der Waals surface area contributed by atoms with Gasteiger partial charge in [-0.3, -0.25) is 0 Å². The van der Waals surface area contributed by atoms with Gasteiger partial charge in [0.05, 0.1) is 11.9 Å². The van der Waals surface area contributed by atoms with Crippen LogP contribution in [-0.4, -0.2) is 47.2 Å². The molecule has 2 N–H and O–H groups in total. The van der Waals surface area contributed by atoms with E-state index >= 15 is 0 Å². The first kappa shape index (κ1) is 17.4. The van der Waals surface area contributed by atoms with Crippen molar-refractivity contribution in [1.82, 2.24) is 9.88 Å². The highest BCUT2D eigenvalue weighted by molar-refractivity contribution is 5.90. The third-order valence-electron chi connectivity index (χ3n) is 5.16. The second-order valence-corrected chi connectivity index (χ2v) is 7.00. The first-order valence-electron chi connectivity index (χ1n) is 9.44. The fraction of sp³-hybridized carbons (Fsp3) is 0.333. The van der Waals surface area contributed by atoms with Crippen LogP contribution in [0.25, 0.3) is 5.57 Å². The molecule has 2 aliphatic heterocycles. The monoisotopic (exact) mass is 364 g/mol. The van der Waals surface area contributed by atoms with Crippen LogP contribution in [-0.2, 0) is 0 Å². The molecule has 0 unspecified atom stereocenters. The molecule has 1 saturated heterocycles. The smallest absolute Gasteiger partial charge is 0.322 e. The van der Waals surface area contributed by atoms with E-state index in [1.165, 1.54) is 18.4 Å². The highest BCUT2D eigenvalue weighted by Crippen LogP contribution is 2.24. The Kier molecular flexibility index (Phi) is 4.96. The van der Waals surface area contributed by atoms with Crippen molar-refractivity contribution in [2.75, 3.05) is 36.4 Å². The predicted octanol–water partition coefficient (Wildman–Crippen LogP) is 3.71. The number of nitrogens with one attached hydrogen (secondary N) is 1. The van der Waals surface area contributed by atoms with Gasteiger partial charge in [-0.05, 0) is 54.7 Å². The summed E-state index contributed by atoms with van der Waals surface area (Å²) in [5, 5.41) is 12.3. The van der Waals surface area contributed by atoms with E-state index in [0.717, 1.165) is 36.6 Å². The van der Waals surface area contributed by atoms with Crippen molar-refractivity contribution in [1.29, 1.82) is 0 Å². The molecule has 6 heteroatoms. The number of hydrogen-bond acceptors (Lipinski definition) is 4.